The number of amides is 1. The number of nitrogens with zero attached hydrogens (tertiary/aromatic N) is 1. The van der Waals surface area contributed by atoms with Gasteiger partial charge in [-0.25, -0.2) is 4.39 Å². The van der Waals surface area contributed by atoms with Gasteiger partial charge in [-0.2, -0.15) is 0 Å². The third-order valence-corrected chi connectivity index (χ3v) is 2.88. The summed E-state index contributed by atoms with van der Waals surface area (Å²) in [6.07, 6.45) is -0.0121. The first kappa shape index (κ1) is 12.3. The summed E-state index contributed by atoms with van der Waals surface area (Å²) < 4.78 is 18.1. The van der Waals surface area contributed by atoms with Crippen LogP contribution in [0.25, 0.3) is 0 Å². The Labute approximate surface area is 103 Å². The van der Waals surface area contributed by atoms with E-state index in [1.807, 2.05) is 0 Å². The highest BCUT2D eigenvalue weighted by Gasteiger charge is 2.36. The first-order chi connectivity index (χ1) is 8.52. The normalized spacial score (nSPS) is 19.1. The second-order valence-electron chi connectivity index (χ2n) is 4.06. The Morgan fingerprint density at radius 1 is 1.56 bits per heavy atom. The van der Waals surface area contributed by atoms with Crippen LogP contribution in [0.4, 0.5) is 10.1 Å². The molecular formula is C12H12FNO4. The highest BCUT2D eigenvalue weighted by molar-refractivity contribution is 5.99. The molecule has 5 nitrogen and oxygen atoms in total. The van der Waals surface area contributed by atoms with E-state index < -0.39 is 17.7 Å². The van der Waals surface area contributed by atoms with Crippen LogP contribution in [0.15, 0.2) is 18.2 Å². The number of methoxy groups -OCH3 is 1. The van der Waals surface area contributed by atoms with E-state index in [2.05, 4.69) is 4.74 Å². The van der Waals surface area contributed by atoms with Crippen molar-refractivity contribution >= 4 is 17.6 Å². The summed E-state index contributed by atoms with van der Waals surface area (Å²) in [5.41, 5.74) is -0.0218. The first-order valence-corrected chi connectivity index (χ1v) is 5.39. The standard InChI is InChI=1S/C12H12FNO4/c1-18-12(17)7-4-11(16)14(6-7)10-5-8(15)2-3-9(10)13/h2-3,5,7,15H,4,6H2,1H3. The number of esters is 1. The summed E-state index contributed by atoms with van der Waals surface area (Å²) in [7, 11) is 1.24. The predicted molar refractivity (Wildman–Crippen MR) is 60.5 cm³/mol. The summed E-state index contributed by atoms with van der Waals surface area (Å²) >= 11 is 0. The number of carbonyl (C=O) groups is 2. The predicted octanol–water partition coefficient (Wildman–Crippen LogP) is 1.06. The molecule has 0 radical (unpaired) electrons. The average molecular weight is 253 g/mol. The van der Waals surface area contributed by atoms with Crippen molar-refractivity contribution in [2.45, 2.75) is 6.42 Å². The van der Waals surface area contributed by atoms with E-state index in [1.54, 1.807) is 0 Å². The Kier molecular flexibility index (Phi) is 3.18. The van der Waals surface area contributed by atoms with Crippen molar-refractivity contribution < 1.29 is 23.8 Å². The fourth-order valence-electron chi connectivity index (χ4n) is 1.97. The molecular weight excluding hydrogens is 241 g/mol. The van der Waals surface area contributed by atoms with Gasteiger partial charge in [0.2, 0.25) is 5.91 Å². The van der Waals surface area contributed by atoms with E-state index in [-0.39, 0.29) is 30.3 Å². The first-order valence-electron chi connectivity index (χ1n) is 5.39. The molecule has 0 bridgehead atoms. The second kappa shape index (κ2) is 4.64. The number of anilines is 1. The maximum Gasteiger partial charge on any atom is 0.311 e. The van der Waals surface area contributed by atoms with Gasteiger partial charge in [-0.15, -0.1) is 0 Å². The number of benzene rings is 1. The molecule has 1 fully saturated rings. The van der Waals surface area contributed by atoms with E-state index in [0.29, 0.717) is 0 Å². The topological polar surface area (TPSA) is 66.8 Å². The molecule has 1 atom stereocenters. The van der Waals surface area contributed by atoms with E-state index in [1.165, 1.54) is 13.2 Å². The molecule has 0 spiro atoms. The van der Waals surface area contributed by atoms with Gasteiger partial charge in [-0.05, 0) is 12.1 Å². The molecule has 1 amide bonds. The van der Waals surface area contributed by atoms with Gasteiger partial charge in [0.05, 0.1) is 18.7 Å². The van der Waals surface area contributed by atoms with Crippen molar-refractivity contribution in [3.63, 3.8) is 0 Å². The van der Waals surface area contributed by atoms with Gasteiger partial charge in [-0.3, -0.25) is 9.59 Å². The molecule has 2 rings (SSSR count). The zero-order chi connectivity index (χ0) is 13.3. The summed E-state index contributed by atoms with van der Waals surface area (Å²) in [5.74, 6) is -2.21. The maximum absolute atomic E-state index is 13.6. The zero-order valence-electron chi connectivity index (χ0n) is 9.72. The molecule has 6 heteroatoms. The third-order valence-electron chi connectivity index (χ3n) is 2.88. The van der Waals surface area contributed by atoms with Crippen LogP contribution < -0.4 is 4.90 Å². The van der Waals surface area contributed by atoms with Gasteiger partial charge in [0.25, 0.3) is 0 Å². The van der Waals surface area contributed by atoms with Crippen molar-refractivity contribution in [3.05, 3.63) is 24.0 Å². The van der Waals surface area contributed by atoms with Gasteiger partial charge in [0.1, 0.15) is 11.6 Å². The molecule has 1 aliphatic heterocycles. The largest absolute Gasteiger partial charge is 0.508 e. The number of phenolic OH excluding ortho intramolecular Hbond substituents is 1. The molecule has 0 saturated carbocycles. The van der Waals surface area contributed by atoms with Gasteiger partial charge in [-0.1, -0.05) is 0 Å². The number of hydrogen-bond donors (Lipinski definition) is 1. The van der Waals surface area contributed by atoms with Crippen LogP contribution in [0, 0.1) is 11.7 Å². The van der Waals surface area contributed by atoms with Crippen LogP contribution in [0.1, 0.15) is 6.42 Å². The zero-order valence-corrected chi connectivity index (χ0v) is 9.72. The fraction of sp³-hybridized carbons (Fsp3) is 0.333. The second-order valence-corrected chi connectivity index (χ2v) is 4.06. The van der Waals surface area contributed by atoms with Crippen LogP contribution in [-0.4, -0.2) is 30.6 Å². The van der Waals surface area contributed by atoms with E-state index in [4.69, 9.17) is 0 Å². The van der Waals surface area contributed by atoms with E-state index >= 15 is 0 Å². The number of hydrogen-bond acceptors (Lipinski definition) is 4. The van der Waals surface area contributed by atoms with Crippen LogP contribution in [0.5, 0.6) is 5.75 Å². The van der Waals surface area contributed by atoms with Crippen LogP contribution in [0.3, 0.4) is 0 Å². The minimum absolute atomic E-state index is 0.0121. The number of carbonyl (C=O) groups excluding carboxylic acids is 2. The summed E-state index contributed by atoms with van der Waals surface area (Å²) in [4.78, 5) is 24.2. The van der Waals surface area contributed by atoms with Crippen LogP contribution in [-0.2, 0) is 14.3 Å². The Balaban J connectivity index is 2.27. The summed E-state index contributed by atoms with van der Waals surface area (Å²) in [6.45, 7) is 0.0614. The highest BCUT2D eigenvalue weighted by Crippen LogP contribution is 2.30. The van der Waals surface area contributed by atoms with Gasteiger partial charge in [0.15, 0.2) is 0 Å². The Morgan fingerprint density at radius 2 is 2.28 bits per heavy atom. The molecule has 1 saturated heterocycles. The number of phenols is 1. The number of ether oxygens (including phenoxy) is 1. The monoisotopic (exact) mass is 253 g/mol. The lowest BCUT2D eigenvalue weighted by Gasteiger charge is -2.17. The average Bonchev–Trinajstić information content (AvgIpc) is 2.73. The molecule has 1 aliphatic rings. The minimum atomic E-state index is -0.619. The molecule has 96 valence electrons. The van der Waals surface area contributed by atoms with Crippen molar-refractivity contribution in [2.75, 3.05) is 18.6 Å². The Morgan fingerprint density at radius 3 is 2.94 bits per heavy atom. The van der Waals surface area contributed by atoms with Gasteiger partial charge >= 0.3 is 5.97 Å². The molecule has 18 heavy (non-hydrogen) atoms. The highest BCUT2D eigenvalue weighted by atomic mass is 19.1. The smallest absolute Gasteiger partial charge is 0.311 e. The molecule has 0 aliphatic carbocycles. The Hall–Kier alpha value is -2.11. The number of aromatic hydroxyl groups is 1. The molecule has 1 aromatic carbocycles. The van der Waals surface area contributed by atoms with Crippen molar-refractivity contribution in [1.29, 1.82) is 0 Å². The quantitative estimate of drug-likeness (QED) is 0.800. The van der Waals surface area contributed by atoms with E-state index in [9.17, 15) is 19.1 Å². The van der Waals surface area contributed by atoms with Crippen LogP contribution in [0.2, 0.25) is 0 Å². The maximum atomic E-state index is 13.6. The molecule has 0 aromatic heterocycles. The lowest BCUT2D eigenvalue weighted by molar-refractivity contribution is -0.145. The lowest BCUT2D eigenvalue weighted by atomic mass is 10.1. The van der Waals surface area contributed by atoms with Crippen molar-refractivity contribution in [3.8, 4) is 5.75 Å². The fourth-order valence-corrected chi connectivity index (χ4v) is 1.97. The van der Waals surface area contributed by atoms with Gasteiger partial charge in [0, 0.05) is 19.0 Å². The number of halogens is 1. The van der Waals surface area contributed by atoms with Gasteiger partial charge < -0.3 is 14.7 Å². The van der Waals surface area contributed by atoms with Crippen molar-refractivity contribution in [2.24, 2.45) is 5.92 Å². The Bertz CT molecular complexity index is 503. The van der Waals surface area contributed by atoms with E-state index in [0.717, 1.165) is 17.0 Å². The van der Waals surface area contributed by atoms with Crippen molar-refractivity contribution in [1.82, 2.24) is 0 Å². The molecule has 1 heterocycles. The molecule has 1 N–H and O–H groups in total. The summed E-state index contributed by atoms with van der Waals surface area (Å²) in [5, 5.41) is 9.31. The molecule has 1 aromatic rings. The lowest BCUT2D eigenvalue weighted by Crippen LogP contribution is -2.27. The van der Waals surface area contributed by atoms with Crippen LogP contribution >= 0.6 is 0 Å². The number of rotatable bonds is 2. The summed E-state index contributed by atoms with van der Waals surface area (Å²) in [6, 6.07) is 3.42. The SMILES string of the molecule is COC(=O)C1CC(=O)N(c2cc(O)ccc2F)C1. The molecule has 1 unspecified atom stereocenters. The minimum Gasteiger partial charge on any atom is -0.508 e. The third kappa shape index (κ3) is 2.13.